The Balaban J connectivity index is 1.92. The van der Waals surface area contributed by atoms with Gasteiger partial charge < -0.3 is 46.0 Å². The summed E-state index contributed by atoms with van der Waals surface area (Å²) in [5.41, 5.74) is -2.44. The van der Waals surface area contributed by atoms with Gasteiger partial charge in [0.15, 0.2) is 11.5 Å². The van der Waals surface area contributed by atoms with E-state index in [1.165, 1.54) is 0 Å². The van der Waals surface area contributed by atoms with Gasteiger partial charge in [-0.25, -0.2) is 9.59 Å². The van der Waals surface area contributed by atoms with E-state index >= 15 is 0 Å². The number of carboxylic acid groups (broad SMARTS) is 2. The molecule has 0 radical (unpaired) electrons. The van der Waals surface area contributed by atoms with Crippen LogP contribution in [-0.2, 0) is 4.79 Å². The van der Waals surface area contributed by atoms with Gasteiger partial charge in [-0.2, -0.15) is 0 Å². The first-order chi connectivity index (χ1) is 17.4. The lowest BCUT2D eigenvalue weighted by Gasteiger charge is -2.13. The Bertz CT molecular complexity index is 1460. The molecule has 0 fully saturated rings. The van der Waals surface area contributed by atoms with E-state index in [-0.39, 0.29) is 17.8 Å². The molecular weight excluding hydrogens is 496 g/mol. The van der Waals surface area contributed by atoms with E-state index in [1.54, 1.807) is 0 Å². The molecule has 0 bridgehead atoms. The average Bonchev–Trinajstić information content (AvgIpc) is 2.82. The topological polar surface area (TPSA) is 240 Å². The van der Waals surface area contributed by atoms with E-state index in [4.69, 9.17) is 5.11 Å². The number of carboxylic acids is 2. The molecule has 37 heavy (non-hydrogen) atoms. The maximum absolute atomic E-state index is 12.6. The Kier molecular flexibility index (Phi) is 7.14. The number of hydrogen-bond acceptors (Lipinski definition) is 10. The van der Waals surface area contributed by atoms with E-state index in [0.717, 1.165) is 30.3 Å². The van der Waals surface area contributed by atoms with Gasteiger partial charge in [-0.1, -0.05) is 0 Å². The second-order valence-electron chi connectivity index (χ2n) is 7.26. The summed E-state index contributed by atoms with van der Waals surface area (Å²) in [7, 11) is 0. The van der Waals surface area contributed by atoms with Gasteiger partial charge >= 0.3 is 11.9 Å². The lowest BCUT2D eigenvalue weighted by Crippen LogP contribution is -2.16. The molecule has 3 aromatic rings. The molecular formula is C23H16N2O12. The second kappa shape index (κ2) is 10.2. The first-order valence-electron chi connectivity index (χ1n) is 9.88. The zero-order chi connectivity index (χ0) is 27.4. The smallest absolute Gasteiger partial charge is 0.339 e. The molecule has 0 aliphatic heterocycles. The van der Waals surface area contributed by atoms with Crippen LogP contribution in [-0.4, -0.2) is 60.9 Å². The molecule has 0 aromatic heterocycles. The van der Waals surface area contributed by atoms with Crippen LogP contribution in [0.2, 0.25) is 0 Å². The standard InChI is InChI=1S/C23H16N2O12/c26-8-37-19-7-17(29)13(5-18(19)30)21(32)25-11-2-9(22(33)34)1-10(3-11)24-20(31)12-4-16(28)14(23(35)36)6-15(12)27/h1-8,27-30H,(H,24,31)(H,25,32)(H,33,34)(H,35,36). The normalized spacial score (nSPS) is 10.3. The molecule has 3 rings (SSSR count). The third kappa shape index (κ3) is 5.65. The van der Waals surface area contributed by atoms with Gasteiger partial charge in [0, 0.05) is 23.5 Å². The average molecular weight is 512 g/mol. The molecule has 8 N–H and O–H groups in total. The van der Waals surface area contributed by atoms with Crippen molar-refractivity contribution in [3.63, 3.8) is 0 Å². The third-order valence-corrected chi connectivity index (χ3v) is 4.78. The number of phenols is 4. The minimum absolute atomic E-state index is 0.0108. The molecule has 0 aliphatic rings. The molecule has 190 valence electrons. The van der Waals surface area contributed by atoms with Crippen LogP contribution in [0.15, 0.2) is 42.5 Å². The molecule has 0 spiro atoms. The highest BCUT2D eigenvalue weighted by Gasteiger charge is 2.21. The number of amides is 2. The fourth-order valence-electron chi connectivity index (χ4n) is 3.11. The number of ether oxygens (including phenoxy) is 1. The molecule has 2 amide bonds. The summed E-state index contributed by atoms with van der Waals surface area (Å²) in [6.45, 7) is -0.0108. The minimum Gasteiger partial charge on any atom is -0.507 e. The zero-order valence-electron chi connectivity index (χ0n) is 18.3. The van der Waals surface area contributed by atoms with Crippen LogP contribution in [0.1, 0.15) is 41.4 Å². The Morgan fingerprint density at radius 2 is 1.08 bits per heavy atom. The molecule has 0 unspecified atom stereocenters. The quantitative estimate of drug-likeness (QED) is 0.159. The fourth-order valence-corrected chi connectivity index (χ4v) is 3.11. The predicted octanol–water partition coefficient (Wildman–Crippen LogP) is 1.95. The van der Waals surface area contributed by atoms with Crippen molar-refractivity contribution in [3.05, 3.63) is 64.7 Å². The van der Waals surface area contributed by atoms with Crippen LogP contribution in [0.4, 0.5) is 11.4 Å². The summed E-state index contributed by atoms with van der Waals surface area (Å²) >= 11 is 0. The molecule has 0 saturated heterocycles. The SMILES string of the molecule is O=COc1cc(O)c(C(=O)Nc2cc(NC(=O)c3cc(O)c(C(=O)O)cc3O)cc(C(=O)O)c2)cc1O. The number of hydrogen-bond donors (Lipinski definition) is 8. The number of phenolic OH excluding ortho intramolecular Hbond substituents is 3. The molecule has 0 aliphatic carbocycles. The third-order valence-electron chi connectivity index (χ3n) is 4.78. The summed E-state index contributed by atoms with van der Waals surface area (Å²) < 4.78 is 4.45. The number of benzene rings is 3. The van der Waals surface area contributed by atoms with Crippen molar-refractivity contribution in [2.24, 2.45) is 0 Å². The Morgan fingerprint density at radius 3 is 1.57 bits per heavy atom. The first kappa shape index (κ1) is 25.8. The number of nitrogens with one attached hydrogen (secondary N) is 2. The van der Waals surface area contributed by atoms with Crippen molar-refractivity contribution in [3.8, 4) is 28.7 Å². The van der Waals surface area contributed by atoms with Gasteiger partial charge in [-0.15, -0.1) is 0 Å². The largest absolute Gasteiger partial charge is 0.507 e. The number of carbonyl (C=O) groups is 5. The summed E-state index contributed by atoms with van der Waals surface area (Å²) in [6.07, 6.45) is 0. The summed E-state index contributed by atoms with van der Waals surface area (Å²) in [5, 5.41) is 62.6. The number of carbonyl (C=O) groups excluding carboxylic acids is 3. The van der Waals surface area contributed by atoms with Gasteiger partial charge in [-0.3, -0.25) is 14.4 Å². The van der Waals surface area contributed by atoms with Crippen molar-refractivity contribution in [2.75, 3.05) is 10.6 Å². The number of aromatic carboxylic acids is 2. The van der Waals surface area contributed by atoms with E-state index in [9.17, 15) is 49.5 Å². The lowest BCUT2D eigenvalue weighted by atomic mass is 10.1. The van der Waals surface area contributed by atoms with Gasteiger partial charge in [0.2, 0.25) is 0 Å². The highest BCUT2D eigenvalue weighted by atomic mass is 16.5. The van der Waals surface area contributed by atoms with Crippen LogP contribution < -0.4 is 15.4 Å². The van der Waals surface area contributed by atoms with Crippen molar-refractivity contribution in [2.45, 2.75) is 0 Å². The summed E-state index contributed by atoms with van der Waals surface area (Å²) in [6, 6.07) is 6.09. The minimum atomic E-state index is -1.56. The van der Waals surface area contributed by atoms with Crippen molar-refractivity contribution < 1.29 is 59.3 Å². The van der Waals surface area contributed by atoms with Crippen LogP contribution >= 0.6 is 0 Å². The van der Waals surface area contributed by atoms with E-state index in [0.29, 0.717) is 12.1 Å². The van der Waals surface area contributed by atoms with E-state index < -0.39 is 74.8 Å². The van der Waals surface area contributed by atoms with Crippen molar-refractivity contribution in [1.29, 1.82) is 0 Å². The molecule has 0 saturated carbocycles. The molecule has 14 heteroatoms. The Morgan fingerprint density at radius 1 is 0.622 bits per heavy atom. The van der Waals surface area contributed by atoms with Gasteiger partial charge in [0.25, 0.3) is 18.3 Å². The summed E-state index contributed by atoms with van der Waals surface area (Å²) in [4.78, 5) is 58.3. The number of anilines is 2. The highest BCUT2D eigenvalue weighted by Crippen LogP contribution is 2.34. The van der Waals surface area contributed by atoms with Crippen molar-refractivity contribution >= 4 is 41.6 Å². The molecule has 14 nitrogen and oxygen atoms in total. The maximum atomic E-state index is 12.6. The van der Waals surface area contributed by atoms with Gasteiger partial charge in [0.05, 0.1) is 16.7 Å². The first-order valence-corrected chi connectivity index (χ1v) is 9.88. The summed E-state index contributed by atoms with van der Waals surface area (Å²) in [5.74, 6) is -8.44. The van der Waals surface area contributed by atoms with E-state index in [1.807, 2.05) is 0 Å². The number of aromatic hydroxyl groups is 4. The molecule has 0 atom stereocenters. The maximum Gasteiger partial charge on any atom is 0.339 e. The van der Waals surface area contributed by atoms with Crippen molar-refractivity contribution in [1.82, 2.24) is 0 Å². The molecule has 0 heterocycles. The van der Waals surface area contributed by atoms with E-state index in [2.05, 4.69) is 15.4 Å². The highest BCUT2D eigenvalue weighted by molar-refractivity contribution is 6.10. The van der Waals surface area contributed by atoms with Gasteiger partial charge in [0.1, 0.15) is 22.8 Å². The fraction of sp³-hybridized carbons (Fsp3) is 0. The Hall–Kier alpha value is -5.79. The van der Waals surface area contributed by atoms with Crippen LogP contribution in [0.3, 0.4) is 0 Å². The predicted molar refractivity (Wildman–Crippen MR) is 123 cm³/mol. The van der Waals surface area contributed by atoms with Crippen LogP contribution in [0, 0.1) is 0 Å². The van der Waals surface area contributed by atoms with Crippen LogP contribution in [0.5, 0.6) is 28.7 Å². The zero-order valence-corrected chi connectivity index (χ0v) is 18.3. The van der Waals surface area contributed by atoms with Crippen LogP contribution in [0.25, 0.3) is 0 Å². The second-order valence-corrected chi connectivity index (χ2v) is 7.26. The van der Waals surface area contributed by atoms with Gasteiger partial charge in [-0.05, 0) is 30.3 Å². The lowest BCUT2D eigenvalue weighted by molar-refractivity contribution is -0.120. The number of rotatable bonds is 8. The Labute approximate surface area is 205 Å². The molecule has 3 aromatic carbocycles. The monoisotopic (exact) mass is 512 g/mol.